The van der Waals surface area contributed by atoms with Gasteiger partial charge in [0.2, 0.25) is 0 Å². The number of aldehydes is 1. The van der Waals surface area contributed by atoms with E-state index >= 15 is 0 Å². The molecular weight excluding hydrogens is 136 g/mol. The lowest BCUT2D eigenvalue weighted by Gasteiger charge is -1.95. The van der Waals surface area contributed by atoms with Gasteiger partial charge in [-0.05, 0) is 30.9 Å². The maximum Gasteiger partial charge on any atom is 0.143 e. The maximum atomic E-state index is 10.0. The second-order valence-electron chi connectivity index (χ2n) is 3.08. The predicted molar refractivity (Wildman–Crippen MR) is 48.4 cm³/mol. The predicted octanol–water partition coefficient (Wildman–Crippen LogP) is 2.73. The van der Waals surface area contributed by atoms with Crippen LogP contribution >= 0.6 is 0 Å². The van der Waals surface area contributed by atoms with Crippen molar-refractivity contribution in [3.8, 4) is 0 Å². The van der Waals surface area contributed by atoms with Gasteiger partial charge in [0, 0.05) is 0 Å². The Bertz CT molecular complexity index is 164. The Morgan fingerprint density at radius 3 is 2.55 bits per heavy atom. The molecule has 1 nitrogen and oxygen atoms in total. The molecule has 0 saturated carbocycles. The Hall–Kier alpha value is -0.850. The normalized spacial score (nSPS) is 12.9. The number of hydrogen-bond donors (Lipinski definition) is 0. The molecule has 0 fully saturated rings. The first-order chi connectivity index (χ1) is 5.16. The Morgan fingerprint density at radius 1 is 1.45 bits per heavy atom. The summed E-state index contributed by atoms with van der Waals surface area (Å²) in [7, 11) is 0. The second kappa shape index (κ2) is 5.90. The monoisotopic (exact) mass is 152 g/mol. The molecule has 0 aliphatic carbocycles. The fraction of sp³-hybridized carbons (Fsp3) is 0.500. The number of rotatable bonds is 4. The Morgan fingerprint density at radius 2 is 2.09 bits per heavy atom. The van der Waals surface area contributed by atoms with Crippen molar-refractivity contribution in [2.24, 2.45) is 5.92 Å². The highest BCUT2D eigenvalue weighted by Gasteiger charge is 1.86. The highest BCUT2D eigenvalue weighted by molar-refractivity contribution is 5.66. The largest absolute Gasteiger partial charge is 0.299 e. The van der Waals surface area contributed by atoms with Gasteiger partial charge in [0.25, 0.3) is 0 Å². The summed E-state index contributed by atoms with van der Waals surface area (Å²) in [5, 5.41) is 0. The van der Waals surface area contributed by atoms with Crippen LogP contribution in [0.15, 0.2) is 23.8 Å². The molecule has 0 radical (unpaired) electrons. The molecule has 0 N–H and O–H groups in total. The molecule has 1 heteroatoms. The van der Waals surface area contributed by atoms with Gasteiger partial charge >= 0.3 is 0 Å². The minimum absolute atomic E-state index is 0.690. The van der Waals surface area contributed by atoms with Crippen molar-refractivity contribution in [2.75, 3.05) is 0 Å². The van der Waals surface area contributed by atoms with E-state index in [9.17, 15) is 4.79 Å². The highest BCUT2D eigenvalue weighted by atomic mass is 16.1. The third-order valence-electron chi connectivity index (χ3n) is 1.32. The van der Waals surface area contributed by atoms with Crippen LogP contribution in [-0.4, -0.2) is 6.29 Å². The summed E-state index contributed by atoms with van der Waals surface area (Å²) in [5.41, 5.74) is 1.01. The van der Waals surface area contributed by atoms with Gasteiger partial charge in [0.1, 0.15) is 6.29 Å². The van der Waals surface area contributed by atoms with E-state index in [0.717, 1.165) is 18.3 Å². The van der Waals surface area contributed by atoms with E-state index < -0.39 is 0 Å². The van der Waals surface area contributed by atoms with Gasteiger partial charge in [0.05, 0.1) is 0 Å². The zero-order valence-electron chi connectivity index (χ0n) is 7.50. The molecule has 11 heavy (non-hydrogen) atoms. The molecule has 0 saturated heterocycles. The average Bonchev–Trinajstić information content (AvgIpc) is 1.87. The third kappa shape index (κ3) is 7.04. The summed E-state index contributed by atoms with van der Waals surface area (Å²) < 4.78 is 0. The van der Waals surface area contributed by atoms with Gasteiger partial charge in [-0.15, -0.1) is 0 Å². The lowest BCUT2D eigenvalue weighted by Crippen LogP contribution is -1.81. The van der Waals surface area contributed by atoms with Gasteiger partial charge in [-0.25, -0.2) is 0 Å². The molecule has 62 valence electrons. The fourth-order valence-corrected chi connectivity index (χ4v) is 0.689. The van der Waals surface area contributed by atoms with Crippen LogP contribution in [0, 0.1) is 5.92 Å². The molecular formula is C10H16O. The third-order valence-corrected chi connectivity index (χ3v) is 1.32. The van der Waals surface area contributed by atoms with Crippen LogP contribution in [0.1, 0.15) is 27.2 Å². The molecule has 0 aromatic carbocycles. The van der Waals surface area contributed by atoms with Crippen molar-refractivity contribution in [2.45, 2.75) is 27.2 Å². The van der Waals surface area contributed by atoms with Gasteiger partial charge in [-0.2, -0.15) is 0 Å². The molecule has 0 aromatic rings. The molecule has 0 aromatic heterocycles. The smallest absolute Gasteiger partial charge is 0.143 e. The molecule has 0 aliphatic rings. The first kappa shape index (κ1) is 10.2. The second-order valence-corrected chi connectivity index (χ2v) is 3.08. The molecule has 0 amide bonds. The molecule has 0 aliphatic heterocycles. The van der Waals surface area contributed by atoms with E-state index in [1.54, 1.807) is 6.08 Å². The average molecular weight is 152 g/mol. The van der Waals surface area contributed by atoms with E-state index in [1.807, 2.05) is 13.0 Å². The lowest BCUT2D eigenvalue weighted by molar-refractivity contribution is -0.104. The van der Waals surface area contributed by atoms with Crippen molar-refractivity contribution in [1.82, 2.24) is 0 Å². The Balaban J connectivity index is 3.73. The number of allylic oxidation sites excluding steroid dienone is 4. The van der Waals surface area contributed by atoms with Crippen LogP contribution < -0.4 is 0 Å². The molecule has 0 unspecified atom stereocenters. The zero-order chi connectivity index (χ0) is 8.69. The number of hydrogen-bond acceptors (Lipinski definition) is 1. The first-order valence-corrected chi connectivity index (χ1v) is 3.95. The van der Waals surface area contributed by atoms with Gasteiger partial charge in [-0.1, -0.05) is 26.0 Å². The van der Waals surface area contributed by atoms with Crippen LogP contribution in [-0.2, 0) is 4.79 Å². The Kier molecular flexibility index (Phi) is 5.44. The van der Waals surface area contributed by atoms with E-state index in [4.69, 9.17) is 0 Å². The van der Waals surface area contributed by atoms with Crippen molar-refractivity contribution < 1.29 is 4.79 Å². The van der Waals surface area contributed by atoms with E-state index in [-0.39, 0.29) is 0 Å². The molecule has 0 heterocycles. The van der Waals surface area contributed by atoms with Gasteiger partial charge in [-0.3, -0.25) is 4.79 Å². The van der Waals surface area contributed by atoms with Crippen molar-refractivity contribution in [3.63, 3.8) is 0 Å². The van der Waals surface area contributed by atoms with E-state index in [1.165, 1.54) is 0 Å². The maximum absolute atomic E-state index is 10.0. The summed E-state index contributed by atoms with van der Waals surface area (Å²) in [6, 6.07) is 0. The topological polar surface area (TPSA) is 17.1 Å². The molecule has 0 bridgehead atoms. The Labute approximate surface area is 68.8 Å². The quantitative estimate of drug-likeness (QED) is 0.344. The van der Waals surface area contributed by atoms with Crippen LogP contribution in [0.5, 0.6) is 0 Å². The molecule has 0 rings (SSSR count). The SMILES string of the molecule is CC(/C=C/CC(C)C)=C\C=O. The summed E-state index contributed by atoms with van der Waals surface area (Å²) in [5.74, 6) is 0.690. The fourth-order valence-electron chi connectivity index (χ4n) is 0.689. The summed E-state index contributed by atoms with van der Waals surface area (Å²) >= 11 is 0. The van der Waals surface area contributed by atoms with Crippen molar-refractivity contribution >= 4 is 6.29 Å². The van der Waals surface area contributed by atoms with Crippen molar-refractivity contribution in [1.29, 1.82) is 0 Å². The summed E-state index contributed by atoms with van der Waals surface area (Å²) in [6.07, 6.45) is 7.53. The van der Waals surface area contributed by atoms with Crippen molar-refractivity contribution in [3.05, 3.63) is 23.8 Å². The van der Waals surface area contributed by atoms with E-state index in [0.29, 0.717) is 5.92 Å². The summed E-state index contributed by atoms with van der Waals surface area (Å²) in [4.78, 5) is 10.0. The van der Waals surface area contributed by atoms with E-state index in [2.05, 4.69) is 19.9 Å². The number of carbonyl (C=O) groups is 1. The van der Waals surface area contributed by atoms with Crippen LogP contribution in [0.25, 0.3) is 0 Å². The minimum atomic E-state index is 0.690. The van der Waals surface area contributed by atoms with Gasteiger partial charge in [0.15, 0.2) is 0 Å². The van der Waals surface area contributed by atoms with Crippen LogP contribution in [0.3, 0.4) is 0 Å². The minimum Gasteiger partial charge on any atom is -0.299 e. The highest BCUT2D eigenvalue weighted by Crippen LogP contribution is 2.02. The molecule has 0 spiro atoms. The van der Waals surface area contributed by atoms with Crippen LogP contribution in [0.2, 0.25) is 0 Å². The van der Waals surface area contributed by atoms with Crippen LogP contribution in [0.4, 0.5) is 0 Å². The standard InChI is InChI=1S/C10H16O/c1-9(2)5-4-6-10(3)7-8-11/h4,6-9H,5H2,1-3H3/b6-4+,10-7+. The van der Waals surface area contributed by atoms with Gasteiger partial charge < -0.3 is 0 Å². The lowest BCUT2D eigenvalue weighted by atomic mass is 10.1. The number of carbonyl (C=O) groups excluding carboxylic acids is 1. The summed E-state index contributed by atoms with van der Waals surface area (Å²) in [6.45, 7) is 6.26. The molecule has 0 atom stereocenters. The first-order valence-electron chi connectivity index (χ1n) is 3.95. The zero-order valence-corrected chi connectivity index (χ0v) is 7.50.